The van der Waals surface area contributed by atoms with E-state index < -0.39 is 0 Å². The van der Waals surface area contributed by atoms with E-state index in [0.717, 1.165) is 0 Å². The van der Waals surface area contributed by atoms with Crippen molar-refractivity contribution >= 4 is 27.0 Å². The van der Waals surface area contributed by atoms with Crippen molar-refractivity contribution in [3.63, 3.8) is 0 Å². The number of rotatable bonds is 2. The smallest absolute Gasteiger partial charge is 0.813 e. The molecule has 9 rings (SSSR count). The first-order chi connectivity index (χ1) is 45.1. The first-order valence-electron chi connectivity index (χ1n) is 28.1. The Hall–Kier alpha value is -4.98. The fraction of sp³-hybridized carbons (Fsp3) is 0.280. The van der Waals surface area contributed by atoms with Gasteiger partial charge in [0.25, 0.3) is 0 Å². The van der Waals surface area contributed by atoms with E-state index in [2.05, 4.69) is 195 Å². The zero-order chi connectivity index (χ0) is 76.9. The van der Waals surface area contributed by atoms with Crippen LogP contribution < -0.4 is 0 Å². The van der Waals surface area contributed by atoms with Gasteiger partial charge < -0.3 is 237 Å². The van der Waals surface area contributed by atoms with Crippen LogP contribution in [0.3, 0.4) is 0 Å². The molecule has 0 heterocycles. The predicted octanol–water partition coefficient (Wildman–Crippen LogP) is 20.8. The van der Waals surface area contributed by atoms with Crippen molar-refractivity contribution in [1.82, 2.24) is 0 Å². The van der Waals surface area contributed by atoms with Crippen molar-refractivity contribution in [2.75, 3.05) is 0 Å². The second-order valence-corrected chi connectivity index (χ2v) is 19.4. The summed E-state index contributed by atoms with van der Waals surface area (Å²) in [6.07, 6.45) is 8.71. The molecule has 0 saturated heterocycles. The molecule has 8 aromatic rings. The van der Waals surface area contributed by atoms with E-state index in [0.29, 0.717) is 11.8 Å². The van der Waals surface area contributed by atoms with Crippen LogP contribution >= 0.6 is 0 Å². The molecular weight excluding hydrogens is 2060 g/mol. The van der Waals surface area contributed by atoms with Gasteiger partial charge in [-0.3, -0.25) is 0 Å². The third-order valence-corrected chi connectivity index (χ3v) is 14.1. The summed E-state index contributed by atoms with van der Waals surface area (Å²) in [6.45, 7) is 103. The van der Waals surface area contributed by atoms with E-state index in [4.69, 9.17) is 142 Å². The molecule has 583 valence electrons. The Labute approximate surface area is 779 Å². The van der Waals surface area contributed by atoms with Gasteiger partial charge in [0.15, 0.2) is 0 Å². The van der Waals surface area contributed by atoms with E-state index in [9.17, 15) is 0 Å². The van der Waals surface area contributed by atoms with Crippen LogP contribution in [0.1, 0.15) is 135 Å². The van der Waals surface area contributed by atoms with E-state index in [1.54, 1.807) is 0 Å². The summed E-state index contributed by atoms with van der Waals surface area (Å²) < 4.78 is 0. The minimum Gasteiger partial charge on any atom is -0.813 e. The van der Waals surface area contributed by atoms with Gasteiger partial charge in [-0.05, 0) is 18.4 Å². The zero-order valence-electron chi connectivity index (χ0n) is 63.5. The molecule has 0 aliphatic heterocycles. The fourth-order valence-electron chi connectivity index (χ4n) is 7.40. The summed E-state index contributed by atoms with van der Waals surface area (Å²) in [5.74, 6) is 4.07. The van der Waals surface area contributed by atoms with Crippen molar-refractivity contribution in [1.29, 1.82) is 63.1 Å². The van der Waals surface area contributed by atoms with E-state index in [1.807, 2.05) is 121 Å². The molecule has 0 amide bonds. The van der Waals surface area contributed by atoms with Crippen LogP contribution in [0.2, 0.25) is 0 Å². The van der Waals surface area contributed by atoms with Crippen molar-refractivity contribution in [3.8, 4) is 0 Å². The number of thiol groups is 2. The van der Waals surface area contributed by atoms with Crippen molar-refractivity contribution in [2.45, 2.75) is 151 Å². The molecule has 1 saturated carbocycles. The molecule has 7 radical (unpaired) electrons. The molecule has 12 nitrogen and oxygen atoms in total. The summed E-state index contributed by atoms with van der Waals surface area (Å²) >= 11 is 0. The molecule has 0 bridgehead atoms. The molecule has 0 unspecified atom stereocenters. The molecule has 1 aliphatic carbocycles. The minimum absolute atomic E-state index is 0. The molecule has 24 heteroatoms. The first kappa shape index (κ1) is 170. The summed E-state index contributed by atoms with van der Waals surface area (Å²) in [5, 5.41) is 75.0. The topological polar surface area (TPSA) is 285 Å². The molecule has 0 N–H and O–H groups in total. The van der Waals surface area contributed by atoms with Gasteiger partial charge in [0.1, 0.15) is 0 Å². The van der Waals surface area contributed by atoms with Crippen LogP contribution in [0, 0.1) is 296 Å². The van der Waals surface area contributed by atoms with Gasteiger partial charge >= 0.3 is 97.4 Å². The standard InChI is InChI=1S/2C10H14.3C10H15.4C5H5.12CN.4Co.6Ru.2H2S/c2*1-8(2)10-6-4-9(3)5-7-10;3*1-6-7(2)9(4)10(5)8(6)3;4*1-2-4-5-3-1;12*1-2;;;;;;;;;;;;/h2*4-8H,1-3H3;3*1-5H3;4*1-5H;;;;;;;;;;;;;;;;;;;;;;;2*1H2/q;-6;3*-1;-5;15*-1;;;;;;3*+5;2*+6;;/p-2. The first-order valence-corrected chi connectivity index (χ1v) is 28.1. The van der Waals surface area contributed by atoms with Crippen LogP contribution in [0.15, 0.2) is 146 Å². The molecule has 106 heavy (non-hydrogen) atoms. The Morgan fingerprint density at radius 2 is 0.462 bits per heavy atom. The van der Waals surface area contributed by atoms with Gasteiger partial charge in [0.05, 0.1) is 0 Å². The third-order valence-electron chi connectivity index (χ3n) is 14.1. The minimum atomic E-state index is 0. The average Bonchev–Trinajstić information content (AvgIpc) is 1.70. The van der Waals surface area contributed by atoms with Gasteiger partial charge in [-0.15, -0.1) is 0 Å². The quantitative estimate of drug-likeness (QED) is 0.0673. The van der Waals surface area contributed by atoms with Gasteiger partial charge in [0.2, 0.25) is 0 Å². The summed E-state index contributed by atoms with van der Waals surface area (Å²) in [7, 11) is 0. The SMILES string of the molecule is C[C-]1[CH-][CH-][C-](C(C)C)[CH-][CH-]1.Cc1c(C)c(C)[c-](C)c1C.Cc1c(C)c(C)[c-](C)c1C.Cc1c(C)c(C)[c-](C)c1C.Cc1ccc(C(C)C)cc1.[C-]#N.[C-]#N.[C-]#N.[C-]#N.[C-]#N.[C-]#N.[C-]#N.[C-]#N.[C-]#N.[C-]#N.[C-]#N.[C-]#N.[Co].[Co].[Co].[Co].[Ru+5].[Ru+5].[Ru+5].[Ru+6].[Ru+6].[Ru].[SH-].[SH-].[cH-]1[cH-][cH-][cH-][cH-]1.c1cc[cH-]c1.c1cc[cH-]c1.c1cc[cH-]c1. The molecule has 8 aromatic carbocycles. The Morgan fingerprint density at radius 1 is 0.302 bits per heavy atom. The third kappa shape index (κ3) is 89.6. The molecule has 1 aliphatic rings. The molecule has 0 aromatic heterocycles. The fourth-order valence-corrected chi connectivity index (χ4v) is 7.40. The molecule has 0 atom stereocenters. The van der Waals surface area contributed by atoms with Gasteiger partial charge in [0, 0.05) is 86.6 Å². The number of hydrogen-bond donors (Lipinski definition) is 0. The zero-order valence-corrected chi connectivity index (χ0v) is 79.9. The predicted molar refractivity (Wildman–Crippen MR) is 392 cm³/mol. The number of aryl methyl sites for hydroxylation is 1. The van der Waals surface area contributed by atoms with Crippen LogP contribution in [0.4, 0.5) is 0 Å². The Bertz CT molecular complexity index is 2440. The van der Waals surface area contributed by atoms with Gasteiger partial charge in [-0.2, -0.15) is 138 Å². The summed E-state index contributed by atoms with van der Waals surface area (Å²) in [4.78, 5) is 0. The van der Waals surface area contributed by atoms with Crippen LogP contribution in [-0.4, -0.2) is 0 Å². The maximum Gasteiger partial charge on any atom is 6.00 e. The van der Waals surface area contributed by atoms with Crippen LogP contribution in [0.25, 0.3) is 0 Å². The molecule has 0 spiro atoms. The van der Waals surface area contributed by atoms with Crippen molar-refractivity contribution in [2.24, 2.45) is 5.92 Å². The normalized spacial score (nSPS) is 7.95. The van der Waals surface area contributed by atoms with Crippen molar-refractivity contribution < 1.29 is 184 Å². The average molecular weight is 2160 g/mol. The van der Waals surface area contributed by atoms with Gasteiger partial charge in [-0.1, -0.05) is 161 Å². The van der Waals surface area contributed by atoms with E-state index in [-0.39, 0.29) is 211 Å². The van der Waals surface area contributed by atoms with Crippen LogP contribution in [0.5, 0.6) is 0 Å². The van der Waals surface area contributed by atoms with Gasteiger partial charge in [-0.25, -0.2) is 49.2 Å². The maximum atomic E-state index is 6.25. The Morgan fingerprint density at radius 3 is 0.566 bits per heavy atom. The largest absolute Gasteiger partial charge is 6.00 e. The number of nitrogens with zero attached hydrogens (tertiary/aromatic N) is 12. The molecule has 1 fully saturated rings. The van der Waals surface area contributed by atoms with Crippen molar-refractivity contribution in [3.05, 3.63) is 357 Å². The number of hydrogen-bond acceptors (Lipinski definition) is 14. The summed E-state index contributed by atoms with van der Waals surface area (Å²) in [6, 6.07) is 48.7. The maximum absolute atomic E-state index is 6.25. The molecular formula is C82H95Co4N12Ru6S2-4. The number of benzene rings is 1. The second-order valence-electron chi connectivity index (χ2n) is 19.4. The Kier molecular flexibility index (Phi) is 213. The summed E-state index contributed by atoms with van der Waals surface area (Å²) in [5.41, 5.74) is 24.8. The Balaban J connectivity index is -0.0000000311. The van der Waals surface area contributed by atoms with Crippen LogP contribution in [-0.2, 0) is 211 Å². The van der Waals surface area contributed by atoms with E-state index in [1.165, 1.54) is 106 Å². The van der Waals surface area contributed by atoms with E-state index >= 15 is 0 Å². The monoisotopic (exact) mass is 2160 g/mol. The second kappa shape index (κ2) is 133.